The van der Waals surface area contributed by atoms with Gasteiger partial charge in [0.15, 0.2) is 0 Å². The molecule has 5 rings (SSSR count). The molecule has 2 heterocycles. The van der Waals surface area contributed by atoms with Gasteiger partial charge in [-0.05, 0) is 49.2 Å². The lowest BCUT2D eigenvalue weighted by Crippen LogP contribution is -1.73. The van der Waals surface area contributed by atoms with E-state index in [1.54, 1.807) is 24.3 Å². The molecule has 7 nitrogen and oxygen atoms in total. The zero-order valence-corrected chi connectivity index (χ0v) is 15.1. The highest BCUT2D eigenvalue weighted by atomic mass is 16.3. The van der Waals surface area contributed by atoms with Crippen LogP contribution in [0.3, 0.4) is 0 Å². The lowest BCUT2D eigenvalue weighted by molar-refractivity contribution is 0.475. The predicted molar refractivity (Wildman–Crippen MR) is 105 cm³/mol. The Morgan fingerprint density at radius 1 is 0.630 bits per heavy atom. The molecule has 136 valence electrons. The second-order valence-electron chi connectivity index (χ2n) is 5.90. The topological polar surface area (TPSA) is 103 Å². The van der Waals surface area contributed by atoms with Crippen LogP contribution in [0.25, 0.3) is 22.1 Å². The standard InChI is InChI=1S/2C7H7N3.C6H6O/c2*1-5-3-2-4-6-7(5)9-10-8-6;7-6-4-2-1-3-5-6/h2*2-4H,1H3,(H,8,9,10);1-5,7H. The second-order valence-corrected chi connectivity index (χ2v) is 5.90. The maximum absolute atomic E-state index is 8.63. The van der Waals surface area contributed by atoms with Crippen molar-refractivity contribution in [3.8, 4) is 5.75 Å². The molecule has 0 aliphatic carbocycles. The summed E-state index contributed by atoms with van der Waals surface area (Å²) in [5.74, 6) is 0.322. The Kier molecular flexibility index (Phi) is 5.73. The largest absolute Gasteiger partial charge is 0.508 e. The number of aromatic amines is 2. The number of phenols is 1. The third-order valence-corrected chi connectivity index (χ3v) is 3.87. The van der Waals surface area contributed by atoms with Crippen molar-refractivity contribution in [2.75, 3.05) is 0 Å². The Morgan fingerprint density at radius 3 is 1.48 bits per heavy atom. The third-order valence-electron chi connectivity index (χ3n) is 3.87. The van der Waals surface area contributed by atoms with Crippen molar-refractivity contribution in [3.63, 3.8) is 0 Å². The summed E-state index contributed by atoms with van der Waals surface area (Å²) in [6.07, 6.45) is 0. The Hall–Kier alpha value is -3.74. The minimum atomic E-state index is 0.322. The number of hydrogen-bond donors (Lipinski definition) is 3. The van der Waals surface area contributed by atoms with Gasteiger partial charge in [0.1, 0.15) is 16.8 Å². The maximum atomic E-state index is 8.63. The van der Waals surface area contributed by atoms with Crippen molar-refractivity contribution in [1.82, 2.24) is 30.8 Å². The van der Waals surface area contributed by atoms with Gasteiger partial charge < -0.3 is 5.11 Å². The van der Waals surface area contributed by atoms with Crippen LogP contribution < -0.4 is 0 Å². The zero-order chi connectivity index (χ0) is 19.1. The number of fused-ring (bicyclic) bond motifs is 2. The van der Waals surface area contributed by atoms with Crippen molar-refractivity contribution in [3.05, 3.63) is 77.9 Å². The highest BCUT2D eigenvalue weighted by molar-refractivity contribution is 5.77. The highest BCUT2D eigenvalue weighted by Gasteiger charge is 1.97. The van der Waals surface area contributed by atoms with E-state index in [-0.39, 0.29) is 0 Å². The number of aromatic hydroxyl groups is 1. The van der Waals surface area contributed by atoms with Gasteiger partial charge >= 0.3 is 0 Å². The molecule has 0 bridgehead atoms. The van der Waals surface area contributed by atoms with Crippen LogP contribution >= 0.6 is 0 Å². The van der Waals surface area contributed by atoms with Crippen molar-refractivity contribution in [1.29, 1.82) is 0 Å². The van der Waals surface area contributed by atoms with E-state index in [4.69, 9.17) is 5.11 Å². The third kappa shape index (κ3) is 4.66. The minimum Gasteiger partial charge on any atom is -0.508 e. The molecule has 0 fully saturated rings. The number of aryl methyl sites for hydroxylation is 2. The number of H-pyrrole nitrogens is 2. The number of nitrogens with one attached hydrogen (secondary N) is 2. The van der Waals surface area contributed by atoms with Crippen LogP contribution in [-0.2, 0) is 0 Å². The molecule has 0 atom stereocenters. The molecule has 0 aliphatic rings. The fraction of sp³-hybridized carbons (Fsp3) is 0.100. The molecule has 7 heteroatoms. The molecule has 0 spiro atoms. The SMILES string of the molecule is Cc1cccc2[nH]nnc12.Cc1cccc2[nH]nnc12.Oc1ccccc1. The van der Waals surface area contributed by atoms with E-state index >= 15 is 0 Å². The lowest BCUT2D eigenvalue weighted by Gasteiger charge is -1.88. The van der Waals surface area contributed by atoms with Gasteiger partial charge in [0.05, 0.1) is 11.0 Å². The molecule has 2 aromatic heterocycles. The van der Waals surface area contributed by atoms with Gasteiger partial charge in [0.25, 0.3) is 0 Å². The van der Waals surface area contributed by atoms with Gasteiger partial charge in [0, 0.05) is 0 Å². The summed E-state index contributed by atoms with van der Waals surface area (Å²) in [6.45, 7) is 4.04. The monoisotopic (exact) mass is 360 g/mol. The van der Waals surface area contributed by atoms with E-state index in [1.165, 1.54) is 0 Å². The molecule has 5 aromatic rings. The van der Waals surface area contributed by atoms with E-state index in [0.717, 1.165) is 33.2 Å². The number of rotatable bonds is 0. The van der Waals surface area contributed by atoms with Crippen LogP contribution in [0.2, 0.25) is 0 Å². The van der Waals surface area contributed by atoms with Crippen molar-refractivity contribution < 1.29 is 5.11 Å². The average molecular weight is 360 g/mol. The first kappa shape index (κ1) is 18.1. The van der Waals surface area contributed by atoms with Crippen LogP contribution in [0.15, 0.2) is 66.7 Å². The number of nitrogens with zero attached hydrogens (tertiary/aromatic N) is 4. The van der Waals surface area contributed by atoms with E-state index in [2.05, 4.69) is 30.8 Å². The smallest absolute Gasteiger partial charge is 0.115 e. The number of para-hydroxylation sites is 1. The summed E-state index contributed by atoms with van der Waals surface area (Å²) < 4.78 is 0. The summed E-state index contributed by atoms with van der Waals surface area (Å²) in [7, 11) is 0. The Morgan fingerprint density at radius 2 is 1.11 bits per heavy atom. The summed E-state index contributed by atoms with van der Waals surface area (Å²) >= 11 is 0. The molecule has 0 saturated carbocycles. The van der Waals surface area contributed by atoms with E-state index in [1.807, 2.05) is 56.3 Å². The van der Waals surface area contributed by atoms with Gasteiger partial charge in [0.2, 0.25) is 0 Å². The van der Waals surface area contributed by atoms with E-state index in [9.17, 15) is 0 Å². The maximum Gasteiger partial charge on any atom is 0.115 e. The highest BCUT2D eigenvalue weighted by Crippen LogP contribution is 2.11. The Bertz CT molecular complexity index is 1040. The molecule has 0 saturated heterocycles. The van der Waals surface area contributed by atoms with Gasteiger partial charge in [-0.25, -0.2) is 0 Å². The van der Waals surface area contributed by atoms with Crippen LogP contribution in [0.4, 0.5) is 0 Å². The van der Waals surface area contributed by atoms with Crippen LogP contribution in [-0.4, -0.2) is 35.9 Å². The zero-order valence-electron chi connectivity index (χ0n) is 15.1. The number of phenolic OH excluding ortho intramolecular Hbond substituents is 1. The van der Waals surface area contributed by atoms with Crippen molar-refractivity contribution >= 4 is 22.1 Å². The molecule has 27 heavy (non-hydrogen) atoms. The van der Waals surface area contributed by atoms with Gasteiger partial charge in [-0.2, -0.15) is 0 Å². The quantitative estimate of drug-likeness (QED) is 0.388. The van der Waals surface area contributed by atoms with Crippen LogP contribution in [0, 0.1) is 13.8 Å². The van der Waals surface area contributed by atoms with Gasteiger partial charge in [-0.3, -0.25) is 10.2 Å². The Balaban J connectivity index is 0.000000119. The fourth-order valence-electron chi connectivity index (χ4n) is 2.45. The van der Waals surface area contributed by atoms with Gasteiger partial charge in [-0.15, -0.1) is 10.2 Å². The first-order chi connectivity index (χ1) is 13.1. The molecular weight excluding hydrogens is 340 g/mol. The summed E-state index contributed by atoms with van der Waals surface area (Å²) in [4.78, 5) is 0. The lowest BCUT2D eigenvalue weighted by atomic mass is 10.2. The molecule has 0 aliphatic heterocycles. The molecule has 3 aromatic carbocycles. The minimum absolute atomic E-state index is 0.322. The summed E-state index contributed by atoms with van der Waals surface area (Å²) in [5, 5.41) is 29.4. The molecule has 3 N–H and O–H groups in total. The van der Waals surface area contributed by atoms with Crippen molar-refractivity contribution in [2.45, 2.75) is 13.8 Å². The van der Waals surface area contributed by atoms with E-state index < -0.39 is 0 Å². The second kappa shape index (κ2) is 8.57. The number of benzene rings is 3. The molecule has 0 radical (unpaired) electrons. The first-order valence-corrected chi connectivity index (χ1v) is 8.42. The normalized spacial score (nSPS) is 10.0. The number of aromatic nitrogens is 6. The van der Waals surface area contributed by atoms with E-state index in [0.29, 0.717) is 5.75 Å². The summed E-state index contributed by atoms with van der Waals surface area (Å²) in [5.41, 5.74) is 6.24. The molecule has 0 amide bonds. The van der Waals surface area contributed by atoms with Gasteiger partial charge in [-0.1, -0.05) is 52.9 Å². The predicted octanol–water partition coefficient (Wildman–Crippen LogP) is 3.92. The average Bonchev–Trinajstić information content (AvgIpc) is 3.34. The first-order valence-electron chi connectivity index (χ1n) is 8.42. The fourth-order valence-corrected chi connectivity index (χ4v) is 2.45. The number of hydrogen-bond acceptors (Lipinski definition) is 5. The summed E-state index contributed by atoms with van der Waals surface area (Å²) in [6, 6.07) is 20.6. The van der Waals surface area contributed by atoms with Crippen molar-refractivity contribution in [2.24, 2.45) is 0 Å². The van der Waals surface area contributed by atoms with Crippen LogP contribution in [0.5, 0.6) is 5.75 Å². The molecular formula is C20H20N6O. The molecule has 0 unspecified atom stereocenters. The van der Waals surface area contributed by atoms with Crippen LogP contribution in [0.1, 0.15) is 11.1 Å². The Labute approximate surface area is 156 Å².